The Balaban J connectivity index is 1.83. The van der Waals surface area contributed by atoms with Gasteiger partial charge in [-0.05, 0) is 55.5 Å². The average Bonchev–Trinajstić information content (AvgIpc) is 3.02. The van der Waals surface area contributed by atoms with Crippen LogP contribution in [0.4, 0.5) is 11.5 Å². The lowest BCUT2D eigenvalue weighted by Gasteiger charge is -2.10. The van der Waals surface area contributed by atoms with Crippen LogP contribution in [0.25, 0.3) is 10.2 Å². The first kappa shape index (κ1) is 12.6. The standard InChI is InChI=1S/C16H15N3OS/c1-9-7-10(20)5-6-12(9)19-15-14-11-3-2-4-13(11)21-16(14)18-8-17-15/h5-8,20H,2-4H2,1H3,(H,17,18,19). The molecule has 0 atom stereocenters. The Bertz CT molecular complexity index is 841. The number of aryl methyl sites for hydroxylation is 3. The molecule has 0 unspecified atom stereocenters. The molecular formula is C16H15N3OS. The Labute approximate surface area is 126 Å². The predicted octanol–water partition coefficient (Wildman–Crippen LogP) is 3.94. The first-order valence-electron chi connectivity index (χ1n) is 7.04. The summed E-state index contributed by atoms with van der Waals surface area (Å²) in [6.07, 6.45) is 5.12. The number of hydrogen-bond donors (Lipinski definition) is 2. The third-order valence-electron chi connectivity index (χ3n) is 3.96. The molecule has 106 valence electrons. The number of benzene rings is 1. The lowest BCUT2D eigenvalue weighted by Crippen LogP contribution is -1.97. The van der Waals surface area contributed by atoms with Crippen molar-refractivity contribution in [2.24, 2.45) is 0 Å². The summed E-state index contributed by atoms with van der Waals surface area (Å²) in [7, 11) is 0. The molecule has 1 aromatic carbocycles. The van der Waals surface area contributed by atoms with Gasteiger partial charge in [0.2, 0.25) is 0 Å². The van der Waals surface area contributed by atoms with Gasteiger partial charge in [0.05, 0.1) is 5.39 Å². The van der Waals surface area contributed by atoms with Crippen LogP contribution in [0.15, 0.2) is 24.5 Å². The third-order valence-corrected chi connectivity index (χ3v) is 5.16. The molecule has 0 bridgehead atoms. The summed E-state index contributed by atoms with van der Waals surface area (Å²) in [5.41, 5.74) is 3.37. The Morgan fingerprint density at radius 1 is 1.24 bits per heavy atom. The fraction of sp³-hybridized carbons (Fsp3) is 0.250. The second-order valence-electron chi connectivity index (χ2n) is 5.38. The van der Waals surface area contributed by atoms with E-state index < -0.39 is 0 Å². The fourth-order valence-corrected chi connectivity index (χ4v) is 4.17. The molecule has 0 saturated carbocycles. The largest absolute Gasteiger partial charge is 0.508 e. The quantitative estimate of drug-likeness (QED) is 0.703. The molecule has 0 fully saturated rings. The van der Waals surface area contributed by atoms with Gasteiger partial charge in [-0.15, -0.1) is 11.3 Å². The highest BCUT2D eigenvalue weighted by atomic mass is 32.1. The topological polar surface area (TPSA) is 58.0 Å². The molecule has 2 N–H and O–H groups in total. The Morgan fingerprint density at radius 2 is 2.14 bits per heavy atom. The molecule has 3 aromatic rings. The highest BCUT2D eigenvalue weighted by Gasteiger charge is 2.21. The number of nitrogens with one attached hydrogen (secondary N) is 1. The predicted molar refractivity (Wildman–Crippen MR) is 85.6 cm³/mol. The molecule has 0 aliphatic heterocycles. The molecule has 5 heteroatoms. The van der Waals surface area contributed by atoms with E-state index in [9.17, 15) is 5.11 Å². The van der Waals surface area contributed by atoms with Crippen LogP contribution in [0.3, 0.4) is 0 Å². The molecule has 2 aromatic heterocycles. The highest BCUT2D eigenvalue weighted by Crippen LogP contribution is 2.40. The van der Waals surface area contributed by atoms with Crippen molar-refractivity contribution in [3.05, 3.63) is 40.5 Å². The number of hydrogen-bond acceptors (Lipinski definition) is 5. The van der Waals surface area contributed by atoms with Crippen LogP contribution in [0.1, 0.15) is 22.4 Å². The van der Waals surface area contributed by atoms with Crippen molar-refractivity contribution >= 4 is 33.1 Å². The maximum atomic E-state index is 9.52. The van der Waals surface area contributed by atoms with Crippen molar-refractivity contribution in [2.75, 3.05) is 5.32 Å². The minimum absolute atomic E-state index is 0.280. The number of anilines is 2. The van der Waals surface area contributed by atoms with Gasteiger partial charge in [-0.25, -0.2) is 9.97 Å². The second kappa shape index (κ2) is 4.70. The summed E-state index contributed by atoms with van der Waals surface area (Å²) in [4.78, 5) is 11.4. The third kappa shape index (κ3) is 2.05. The molecular weight excluding hydrogens is 282 g/mol. The number of rotatable bonds is 2. The minimum Gasteiger partial charge on any atom is -0.508 e. The van der Waals surface area contributed by atoms with Crippen molar-refractivity contribution in [1.82, 2.24) is 9.97 Å². The average molecular weight is 297 g/mol. The Morgan fingerprint density at radius 3 is 3.00 bits per heavy atom. The van der Waals surface area contributed by atoms with Crippen LogP contribution in [-0.4, -0.2) is 15.1 Å². The lowest BCUT2D eigenvalue weighted by atomic mass is 10.1. The smallest absolute Gasteiger partial charge is 0.142 e. The summed E-state index contributed by atoms with van der Waals surface area (Å²) >= 11 is 1.79. The molecule has 2 heterocycles. The van der Waals surface area contributed by atoms with Gasteiger partial charge >= 0.3 is 0 Å². The van der Waals surface area contributed by atoms with Crippen molar-refractivity contribution in [1.29, 1.82) is 0 Å². The van der Waals surface area contributed by atoms with E-state index in [-0.39, 0.29) is 5.75 Å². The Kier molecular flexibility index (Phi) is 2.82. The zero-order chi connectivity index (χ0) is 14.4. The number of aromatic hydroxyl groups is 1. The van der Waals surface area contributed by atoms with Gasteiger partial charge in [0.15, 0.2) is 0 Å². The van der Waals surface area contributed by atoms with Crippen molar-refractivity contribution in [3.63, 3.8) is 0 Å². The van der Waals surface area contributed by atoms with Gasteiger partial charge < -0.3 is 10.4 Å². The van der Waals surface area contributed by atoms with Crippen LogP contribution >= 0.6 is 11.3 Å². The van der Waals surface area contributed by atoms with Crippen LogP contribution in [0.5, 0.6) is 5.75 Å². The van der Waals surface area contributed by atoms with Gasteiger partial charge in [-0.3, -0.25) is 0 Å². The van der Waals surface area contributed by atoms with E-state index in [2.05, 4.69) is 15.3 Å². The maximum absolute atomic E-state index is 9.52. The van der Waals surface area contributed by atoms with E-state index in [0.29, 0.717) is 0 Å². The van der Waals surface area contributed by atoms with E-state index in [1.165, 1.54) is 22.2 Å². The zero-order valence-electron chi connectivity index (χ0n) is 11.7. The van der Waals surface area contributed by atoms with Gasteiger partial charge in [0.25, 0.3) is 0 Å². The van der Waals surface area contributed by atoms with E-state index in [4.69, 9.17) is 0 Å². The fourth-order valence-electron chi connectivity index (χ4n) is 2.94. The Hall–Kier alpha value is -2.14. The summed E-state index contributed by atoms with van der Waals surface area (Å²) in [6, 6.07) is 5.32. The van der Waals surface area contributed by atoms with E-state index >= 15 is 0 Å². The lowest BCUT2D eigenvalue weighted by molar-refractivity contribution is 0.475. The van der Waals surface area contributed by atoms with Gasteiger partial charge in [0, 0.05) is 10.6 Å². The first-order valence-corrected chi connectivity index (χ1v) is 7.86. The van der Waals surface area contributed by atoms with Crippen molar-refractivity contribution in [2.45, 2.75) is 26.2 Å². The van der Waals surface area contributed by atoms with Crippen molar-refractivity contribution < 1.29 is 5.11 Å². The van der Waals surface area contributed by atoms with Crippen LogP contribution < -0.4 is 5.32 Å². The number of phenolic OH excluding ortho intramolecular Hbond substituents is 1. The molecule has 4 nitrogen and oxygen atoms in total. The van der Waals surface area contributed by atoms with Gasteiger partial charge in [0.1, 0.15) is 22.7 Å². The monoisotopic (exact) mass is 297 g/mol. The molecule has 4 rings (SSSR count). The molecule has 1 aliphatic rings. The van der Waals surface area contributed by atoms with Crippen LogP contribution in [0, 0.1) is 6.92 Å². The summed E-state index contributed by atoms with van der Waals surface area (Å²) in [6.45, 7) is 1.97. The highest BCUT2D eigenvalue weighted by molar-refractivity contribution is 7.19. The van der Waals surface area contributed by atoms with Gasteiger partial charge in [-0.1, -0.05) is 0 Å². The van der Waals surface area contributed by atoms with E-state index in [1.807, 2.05) is 13.0 Å². The van der Waals surface area contributed by atoms with E-state index in [0.717, 1.165) is 34.7 Å². The SMILES string of the molecule is Cc1cc(O)ccc1Nc1ncnc2sc3c(c12)CCC3. The molecule has 0 amide bonds. The van der Waals surface area contributed by atoms with Crippen LogP contribution in [0.2, 0.25) is 0 Å². The minimum atomic E-state index is 0.280. The normalized spacial score (nSPS) is 13.6. The second-order valence-corrected chi connectivity index (χ2v) is 6.47. The van der Waals surface area contributed by atoms with Gasteiger partial charge in [-0.2, -0.15) is 0 Å². The number of phenols is 1. The zero-order valence-corrected chi connectivity index (χ0v) is 12.5. The summed E-state index contributed by atoms with van der Waals surface area (Å²) < 4.78 is 0. The number of thiophene rings is 1. The van der Waals surface area contributed by atoms with Crippen LogP contribution in [-0.2, 0) is 12.8 Å². The number of fused-ring (bicyclic) bond motifs is 3. The first-order chi connectivity index (χ1) is 10.2. The summed E-state index contributed by atoms with van der Waals surface area (Å²) in [5, 5.41) is 14.1. The number of nitrogens with zero attached hydrogens (tertiary/aromatic N) is 2. The van der Waals surface area contributed by atoms with E-state index in [1.54, 1.807) is 29.8 Å². The number of aromatic nitrogens is 2. The molecule has 0 radical (unpaired) electrons. The summed E-state index contributed by atoms with van der Waals surface area (Å²) in [5.74, 6) is 1.15. The molecule has 1 aliphatic carbocycles. The van der Waals surface area contributed by atoms with Crippen molar-refractivity contribution in [3.8, 4) is 5.75 Å². The molecule has 0 spiro atoms. The maximum Gasteiger partial charge on any atom is 0.142 e. The molecule has 0 saturated heterocycles. The molecule has 21 heavy (non-hydrogen) atoms.